The molecule has 0 radical (unpaired) electrons. The van der Waals surface area contributed by atoms with E-state index < -0.39 is 5.97 Å². The van der Waals surface area contributed by atoms with Crippen LogP contribution in [0.1, 0.15) is 26.6 Å². The summed E-state index contributed by atoms with van der Waals surface area (Å²) in [6.07, 6.45) is 1.58. The molecule has 112 valence electrons. The van der Waals surface area contributed by atoms with Gasteiger partial charge in [-0.2, -0.15) is 5.10 Å². The molecule has 0 bridgehead atoms. The number of likely N-dealkylation sites (tertiary alicyclic amines) is 1. The Morgan fingerprint density at radius 2 is 2.25 bits per heavy atom. The molecule has 1 N–H and O–H groups in total. The highest BCUT2D eigenvalue weighted by molar-refractivity contribution is 5.68. The predicted molar refractivity (Wildman–Crippen MR) is 72.1 cm³/mol. The second kappa shape index (κ2) is 5.88. The number of hydrogen-bond donors (Lipinski definition) is 1. The van der Waals surface area contributed by atoms with E-state index >= 15 is 0 Å². The van der Waals surface area contributed by atoms with Crippen molar-refractivity contribution >= 4 is 5.97 Å². The number of aromatic nitrogens is 3. The lowest BCUT2D eigenvalue weighted by atomic mass is 9.96. The second-order valence-corrected chi connectivity index (χ2v) is 6.03. The van der Waals surface area contributed by atoms with Crippen LogP contribution in [0.25, 0.3) is 0 Å². The van der Waals surface area contributed by atoms with Gasteiger partial charge in [0.1, 0.15) is 18.8 Å². The van der Waals surface area contributed by atoms with Crippen LogP contribution in [-0.2, 0) is 22.6 Å². The number of aliphatic carboxylic acids is 1. The third kappa shape index (κ3) is 3.77. The van der Waals surface area contributed by atoms with Crippen LogP contribution in [0.5, 0.6) is 0 Å². The van der Waals surface area contributed by atoms with Gasteiger partial charge in [0.15, 0.2) is 0 Å². The van der Waals surface area contributed by atoms with E-state index in [9.17, 15) is 4.79 Å². The van der Waals surface area contributed by atoms with Crippen LogP contribution in [0.15, 0.2) is 6.33 Å². The van der Waals surface area contributed by atoms with E-state index in [1.807, 2.05) is 11.6 Å². The molecule has 0 aromatic carbocycles. The topological polar surface area (TPSA) is 80.5 Å². The molecule has 0 amide bonds. The molecule has 1 aromatic rings. The predicted octanol–water partition coefficient (Wildman–Crippen LogP) is 0.610. The van der Waals surface area contributed by atoms with Gasteiger partial charge in [-0.25, -0.2) is 14.5 Å². The zero-order valence-corrected chi connectivity index (χ0v) is 12.2. The molecule has 0 saturated carbocycles. The van der Waals surface area contributed by atoms with Crippen molar-refractivity contribution in [3.05, 3.63) is 12.2 Å². The number of hydrogen-bond acceptors (Lipinski definition) is 5. The molecule has 1 aliphatic rings. The Labute approximate surface area is 118 Å². The Balaban J connectivity index is 1.82. The number of carboxylic acid groups (broad SMARTS) is 1. The minimum atomic E-state index is -0.929. The molecular weight excluding hydrogens is 260 g/mol. The standard InChI is InChI=1S/C13H22N4O3/c1-10(2)4-17-11(14-9-15-17)5-16-7-13(3,8-16)20-6-12(18)19/h9-10H,4-8H2,1-3H3,(H,18,19). The van der Waals surface area contributed by atoms with Crippen LogP contribution >= 0.6 is 0 Å². The van der Waals surface area contributed by atoms with Crippen LogP contribution in [0.3, 0.4) is 0 Å². The van der Waals surface area contributed by atoms with Crippen LogP contribution in [0, 0.1) is 5.92 Å². The highest BCUT2D eigenvalue weighted by Crippen LogP contribution is 2.25. The summed E-state index contributed by atoms with van der Waals surface area (Å²) < 4.78 is 7.32. The lowest BCUT2D eigenvalue weighted by Crippen LogP contribution is -2.61. The molecule has 7 heteroatoms. The summed E-state index contributed by atoms with van der Waals surface area (Å²) in [7, 11) is 0. The SMILES string of the molecule is CC(C)Cn1ncnc1CN1CC(C)(OCC(=O)O)C1. The number of carboxylic acids is 1. The highest BCUT2D eigenvalue weighted by atomic mass is 16.5. The van der Waals surface area contributed by atoms with Crippen molar-refractivity contribution in [2.24, 2.45) is 5.92 Å². The summed E-state index contributed by atoms with van der Waals surface area (Å²) in [5, 5.41) is 12.9. The van der Waals surface area contributed by atoms with Gasteiger partial charge in [-0.05, 0) is 12.8 Å². The molecule has 1 aromatic heterocycles. The van der Waals surface area contributed by atoms with Crippen molar-refractivity contribution in [3.63, 3.8) is 0 Å². The van der Waals surface area contributed by atoms with Crippen molar-refractivity contribution < 1.29 is 14.6 Å². The quantitative estimate of drug-likeness (QED) is 0.789. The molecular formula is C13H22N4O3. The van der Waals surface area contributed by atoms with Crippen molar-refractivity contribution in [2.75, 3.05) is 19.7 Å². The minimum Gasteiger partial charge on any atom is -0.480 e. The zero-order valence-electron chi connectivity index (χ0n) is 12.2. The number of carbonyl (C=O) groups is 1. The monoisotopic (exact) mass is 282 g/mol. The van der Waals surface area contributed by atoms with Gasteiger partial charge in [0.2, 0.25) is 0 Å². The smallest absolute Gasteiger partial charge is 0.329 e. The first-order valence-corrected chi connectivity index (χ1v) is 6.83. The maximum atomic E-state index is 10.5. The van der Waals surface area contributed by atoms with Crippen molar-refractivity contribution in [3.8, 4) is 0 Å². The lowest BCUT2D eigenvalue weighted by Gasteiger charge is -2.47. The first kappa shape index (κ1) is 14.9. The minimum absolute atomic E-state index is 0.242. The maximum Gasteiger partial charge on any atom is 0.329 e. The number of rotatable bonds is 7. The molecule has 1 fully saturated rings. The molecule has 7 nitrogen and oxygen atoms in total. The van der Waals surface area contributed by atoms with Crippen molar-refractivity contribution in [1.29, 1.82) is 0 Å². The van der Waals surface area contributed by atoms with Gasteiger partial charge in [0.25, 0.3) is 0 Å². The fourth-order valence-electron chi connectivity index (χ4n) is 2.45. The Morgan fingerprint density at radius 3 is 2.85 bits per heavy atom. The Bertz CT molecular complexity index is 466. The second-order valence-electron chi connectivity index (χ2n) is 6.03. The van der Waals surface area contributed by atoms with Gasteiger partial charge in [0, 0.05) is 19.6 Å². The van der Waals surface area contributed by atoms with E-state index in [2.05, 4.69) is 28.8 Å². The van der Waals surface area contributed by atoms with Crippen LogP contribution in [0.4, 0.5) is 0 Å². The van der Waals surface area contributed by atoms with Crippen LogP contribution < -0.4 is 0 Å². The van der Waals surface area contributed by atoms with Crippen LogP contribution in [-0.4, -0.2) is 56.0 Å². The summed E-state index contributed by atoms with van der Waals surface area (Å²) >= 11 is 0. The number of nitrogens with zero attached hydrogens (tertiary/aromatic N) is 4. The normalized spacial score (nSPS) is 18.2. The molecule has 0 unspecified atom stereocenters. The Morgan fingerprint density at radius 1 is 1.55 bits per heavy atom. The van der Waals surface area contributed by atoms with Gasteiger partial charge in [-0.1, -0.05) is 13.8 Å². The average Bonchev–Trinajstić information content (AvgIpc) is 2.71. The zero-order chi connectivity index (χ0) is 14.8. The fourth-order valence-corrected chi connectivity index (χ4v) is 2.45. The van der Waals surface area contributed by atoms with E-state index in [-0.39, 0.29) is 12.2 Å². The summed E-state index contributed by atoms with van der Waals surface area (Å²) in [5.41, 5.74) is -0.360. The summed E-state index contributed by atoms with van der Waals surface area (Å²) in [5.74, 6) is 0.538. The van der Waals surface area contributed by atoms with Gasteiger partial charge in [-0.15, -0.1) is 0 Å². The first-order chi connectivity index (χ1) is 9.38. The van der Waals surface area contributed by atoms with E-state index in [4.69, 9.17) is 9.84 Å². The molecule has 0 aliphatic carbocycles. The summed E-state index contributed by atoms with van der Waals surface area (Å²) in [6.45, 7) is 9.00. The third-order valence-corrected chi connectivity index (χ3v) is 3.26. The largest absolute Gasteiger partial charge is 0.480 e. The van der Waals surface area contributed by atoms with E-state index in [1.165, 1.54) is 0 Å². The summed E-state index contributed by atoms with van der Waals surface area (Å²) in [6, 6.07) is 0. The van der Waals surface area contributed by atoms with Gasteiger partial charge >= 0.3 is 5.97 Å². The van der Waals surface area contributed by atoms with Gasteiger partial charge in [-0.3, -0.25) is 4.90 Å². The van der Waals surface area contributed by atoms with E-state index in [0.29, 0.717) is 5.92 Å². The van der Waals surface area contributed by atoms with E-state index in [1.54, 1.807) is 6.33 Å². The van der Waals surface area contributed by atoms with Crippen molar-refractivity contribution in [1.82, 2.24) is 19.7 Å². The Kier molecular flexibility index (Phi) is 4.39. The molecule has 0 spiro atoms. The molecule has 1 saturated heterocycles. The number of ether oxygens (including phenoxy) is 1. The maximum absolute atomic E-state index is 10.5. The molecule has 2 heterocycles. The molecule has 2 rings (SSSR count). The fraction of sp³-hybridized carbons (Fsp3) is 0.769. The first-order valence-electron chi connectivity index (χ1n) is 6.83. The van der Waals surface area contributed by atoms with Gasteiger partial charge in [0.05, 0.1) is 12.1 Å². The summed E-state index contributed by atoms with van der Waals surface area (Å²) in [4.78, 5) is 17.0. The molecule has 20 heavy (non-hydrogen) atoms. The third-order valence-electron chi connectivity index (χ3n) is 3.26. The Hall–Kier alpha value is -1.47. The highest BCUT2D eigenvalue weighted by Gasteiger charge is 2.40. The van der Waals surface area contributed by atoms with Crippen LogP contribution in [0.2, 0.25) is 0 Å². The van der Waals surface area contributed by atoms with Crippen molar-refractivity contribution in [2.45, 2.75) is 39.5 Å². The average molecular weight is 282 g/mol. The molecule has 0 atom stereocenters. The molecule has 1 aliphatic heterocycles. The van der Waals surface area contributed by atoms with Gasteiger partial charge < -0.3 is 9.84 Å². The van der Waals surface area contributed by atoms with E-state index in [0.717, 1.165) is 32.0 Å². The lowest BCUT2D eigenvalue weighted by molar-refractivity contribution is -0.166.